The molecule has 8 heteroatoms. The molecule has 0 aromatic heterocycles. The van der Waals surface area contributed by atoms with Crippen molar-refractivity contribution in [2.24, 2.45) is 0 Å². The Morgan fingerprint density at radius 1 is 1.44 bits per heavy atom. The number of carbonyl (C=O) groups is 1. The largest absolute Gasteiger partial charge is 0.395 e. The van der Waals surface area contributed by atoms with Crippen LogP contribution in [-0.2, 0) is 14.6 Å². The van der Waals surface area contributed by atoms with Crippen LogP contribution in [0.3, 0.4) is 0 Å². The number of aliphatic hydroxyl groups is 2. The van der Waals surface area contributed by atoms with Crippen LogP contribution in [0.4, 0.5) is 0 Å². The zero-order valence-corrected chi connectivity index (χ0v) is 10.1. The van der Waals surface area contributed by atoms with Crippen LogP contribution in [0.25, 0.3) is 0 Å². The molecule has 1 amide bonds. The molecule has 0 aromatic rings. The molecule has 94 valence electrons. The van der Waals surface area contributed by atoms with Crippen LogP contribution in [0.2, 0.25) is 0 Å². The first-order valence-electron chi connectivity index (χ1n) is 4.76. The van der Waals surface area contributed by atoms with Gasteiger partial charge in [-0.15, -0.1) is 11.6 Å². The van der Waals surface area contributed by atoms with Crippen LogP contribution >= 0.6 is 11.6 Å². The number of halogens is 1. The van der Waals surface area contributed by atoms with E-state index in [1.54, 1.807) is 0 Å². The fourth-order valence-corrected chi connectivity index (χ4v) is 3.72. The predicted molar refractivity (Wildman–Crippen MR) is 58.0 cm³/mol. The minimum Gasteiger partial charge on any atom is -0.395 e. The lowest BCUT2D eigenvalue weighted by Crippen LogP contribution is -2.48. The monoisotopic (exact) mass is 271 g/mol. The predicted octanol–water partition coefficient (Wildman–Crippen LogP) is -1.80. The quantitative estimate of drug-likeness (QED) is 0.589. The Hall–Kier alpha value is -0.370. The number of carbonyl (C=O) groups excluding carboxylic acids is 1. The lowest BCUT2D eigenvalue weighted by molar-refractivity contribution is -0.132. The number of sulfone groups is 1. The van der Waals surface area contributed by atoms with Gasteiger partial charge in [0, 0.05) is 6.54 Å². The first kappa shape index (κ1) is 13.7. The van der Waals surface area contributed by atoms with E-state index in [-0.39, 0.29) is 30.5 Å². The highest BCUT2D eigenvalue weighted by Crippen LogP contribution is 2.18. The number of hydrogen-bond acceptors (Lipinski definition) is 5. The molecule has 1 fully saturated rings. The Morgan fingerprint density at radius 2 is 2.06 bits per heavy atom. The van der Waals surface area contributed by atoms with Gasteiger partial charge in [-0.25, -0.2) is 8.42 Å². The normalized spacial score (nSPS) is 27.9. The van der Waals surface area contributed by atoms with Crippen molar-refractivity contribution in [3.8, 4) is 0 Å². The Morgan fingerprint density at radius 3 is 2.44 bits per heavy atom. The molecule has 1 heterocycles. The minimum atomic E-state index is -3.32. The maximum Gasteiger partial charge on any atom is 0.237 e. The van der Waals surface area contributed by atoms with E-state index in [1.165, 1.54) is 0 Å². The molecule has 0 unspecified atom stereocenters. The Labute approximate surface area is 98.7 Å². The fraction of sp³-hybridized carbons (Fsp3) is 0.875. The van der Waals surface area contributed by atoms with E-state index in [1.807, 2.05) is 0 Å². The van der Waals surface area contributed by atoms with Gasteiger partial charge in [-0.3, -0.25) is 4.79 Å². The van der Waals surface area contributed by atoms with Crippen molar-refractivity contribution in [1.29, 1.82) is 0 Å². The van der Waals surface area contributed by atoms with E-state index in [0.717, 1.165) is 4.90 Å². The highest BCUT2D eigenvalue weighted by Gasteiger charge is 2.41. The molecular formula is C8H14ClNO5S. The second-order valence-corrected chi connectivity index (χ2v) is 6.08. The first-order valence-corrected chi connectivity index (χ1v) is 7.11. The van der Waals surface area contributed by atoms with Crippen LogP contribution < -0.4 is 0 Å². The molecule has 0 bridgehead atoms. The van der Waals surface area contributed by atoms with Gasteiger partial charge in [0.25, 0.3) is 0 Å². The van der Waals surface area contributed by atoms with Crippen LogP contribution in [0.1, 0.15) is 0 Å². The van der Waals surface area contributed by atoms with Crippen molar-refractivity contribution in [2.75, 3.05) is 30.5 Å². The summed E-state index contributed by atoms with van der Waals surface area (Å²) in [6.07, 6.45) is -1.11. The van der Waals surface area contributed by atoms with Crippen molar-refractivity contribution < 1.29 is 23.4 Å². The van der Waals surface area contributed by atoms with Crippen molar-refractivity contribution in [2.45, 2.75) is 12.1 Å². The maximum absolute atomic E-state index is 11.4. The van der Waals surface area contributed by atoms with E-state index >= 15 is 0 Å². The lowest BCUT2D eigenvalue weighted by atomic mass is 10.2. The molecule has 1 aliphatic rings. The molecule has 0 aromatic carbocycles. The van der Waals surface area contributed by atoms with Crippen LogP contribution in [0, 0.1) is 0 Å². The van der Waals surface area contributed by atoms with Gasteiger partial charge < -0.3 is 15.1 Å². The highest BCUT2D eigenvalue weighted by atomic mass is 35.5. The molecule has 2 N–H and O–H groups in total. The third-order valence-corrected chi connectivity index (χ3v) is 4.40. The molecule has 0 aliphatic carbocycles. The topological polar surface area (TPSA) is 94.9 Å². The van der Waals surface area contributed by atoms with Crippen molar-refractivity contribution in [3.05, 3.63) is 0 Å². The summed E-state index contributed by atoms with van der Waals surface area (Å²) < 4.78 is 22.6. The summed E-state index contributed by atoms with van der Waals surface area (Å²) in [6.45, 7) is -0.325. The molecule has 1 rings (SSSR count). The Kier molecular flexibility index (Phi) is 4.54. The van der Waals surface area contributed by atoms with Gasteiger partial charge in [0.2, 0.25) is 5.91 Å². The number of rotatable bonds is 4. The molecule has 0 spiro atoms. The second-order valence-electron chi connectivity index (χ2n) is 3.66. The van der Waals surface area contributed by atoms with Gasteiger partial charge in [-0.2, -0.15) is 0 Å². The third kappa shape index (κ3) is 3.07. The number of amides is 1. The molecule has 6 nitrogen and oxygen atoms in total. The van der Waals surface area contributed by atoms with E-state index in [0.29, 0.717) is 0 Å². The summed E-state index contributed by atoms with van der Waals surface area (Å²) in [4.78, 5) is 12.5. The molecular weight excluding hydrogens is 258 g/mol. The van der Waals surface area contributed by atoms with Gasteiger partial charge in [0.1, 0.15) is 5.88 Å². The SMILES string of the molecule is O=C(CCl)N(CCO)[C@@H]1CS(=O)(=O)C[C@H]1O. The average molecular weight is 272 g/mol. The zero-order valence-electron chi connectivity index (χ0n) is 8.54. The van der Waals surface area contributed by atoms with Crippen LogP contribution in [0.5, 0.6) is 0 Å². The lowest BCUT2D eigenvalue weighted by Gasteiger charge is -2.28. The summed E-state index contributed by atoms with van der Waals surface area (Å²) in [5.74, 6) is -1.42. The van der Waals surface area contributed by atoms with Gasteiger partial charge in [0.15, 0.2) is 9.84 Å². The number of hydrogen-bond donors (Lipinski definition) is 2. The summed E-state index contributed by atoms with van der Waals surface area (Å²) in [5, 5.41) is 18.4. The molecule has 2 atom stereocenters. The summed E-state index contributed by atoms with van der Waals surface area (Å²) in [7, 11) is -3.32. The van der Waals surface area contributed by atoms with Gasteiger partial charge in [-0.1, -0.05) is 0 Å². The second kappa shape index (κ2) is 5.31. The number of alkyl halides is 1. The molecule has 0 saturated carbocycles. The number of nitrogens with zero attached hydrogens (tertiary/aromatic N) is 1. The van der Waals surface area contributed by atoms with Crippen molar-refractivity contribution in [1.82, 2.24) is 4.90 Å². The Bertz CT molecular complexity index is 357. The minimum absolute atomic E-state index is 0.0250. The fourth-order valence-electron chi connectivity index (χ4n) is 1.77. The van der Waals surface area contributed by atoms with Crippen LogP contribution in [0.15, 0.2) is 0 Å². The zero-order chi connectivity index (χ0) is 12.3. The molecule has 1 aliphatic heterocycles. The standard InChI is InChI=1S/C8H14ClNO5S/c9-3-8(13)10(1-2-11)6-4-16(14,15)5-7(6)12/h6-7,11-12H,1-5H2/t6-,7-/m1/s1. The van der Waals surface area contributed by atoms with E-state index in [4.69, 9.17) is 16.7 Å². The average Bonchev–Trinajstić information content (AvgIpc) is 2.47. The smallest absolute Gasteiger partial charge is 0.237 e. The van der Waals surface area contributed by atoms with Gasteiger partial charge in [0.05, 0.1) is 30.3 Å². The van der Waals surface area contributed by atoms with E-state index in [9.17, 15) is 18.3 Å². The van der Waals surface area contributed by atoms with Gasteiger partial charge >= 0.3 is 0 Å². The summed E-state index contributed by atoms with van der Waals surface area (Å²) in [5.41, 5.74) is 0. The molecule has 0 radical (unpaired) electrons. The third-order valence-electron chi connectivity index (χ3n) is 2.47. The van der Waals surface area contributed by atoms with Crippen LogP contribution in [-0.4, -0.2) is 72.1 Å². The first-order chi connectivity index (χ1) is 7.41. The van der Waals surface area contributed by atoms with Crippen molar-refractivity contribution in [3.63, 3.8) is 0 Å². The van der Waals surface area contributed by atoms with Crippen molar-refractivity contribution >= 4 is 27.3 Å². The highest BCUT2D eigenvalue weighted by molar-refractivity contribution is 7.91. The maximum atomic E-state index is 11.4. The summed E-state index contributed by atoms with van der Waals surface area (Å²) >= 11 is 5.38. The van der Waals surface area contributed by atoms with E-state index in [2.05, 4.69) is 0 Å². The Balaban J connectivity index is 2.83. The summed E-state index contributed by atoms with van der Waals surface area (Å²) in [6, 6.07) is -0.802. The van der Waals surface area contributed by atoms with E-state index < -0.39 is 27.9 Å². The molecule has 1 saturated heterocycles. The molecule has 16 heavy (non-hydrogen) atoms. The van der Waals surface area contributed by atoms with Gasteiger partial charge in [-0.05, 0) is 0 Å². The number of aliphatic hydroxyl groups excluding tert-OH is 2.